The molecule has 3 nitrogen and oxygen atoms in total. The number of hydrogen-bond donors (Lipinski definition) is 2. The molecule has 0 aromatic carbocycles. The van der Waals surface area contributed by atoms with Crippen LogP contribution in [0.5, 0.6) is 0 Å². The fraction of sp³-hybridized carbons (Fsp3) is 0.643. The lowest BCUT2D eigenvalue weighted by Gasteiger charge is -2.10. The number of hydrogen-bond acceptors (Lipinski definition) is 2. The summed E-state index contributed by atoms with van der Waals surface area (Å²) in [5.41, 5.74) is 1.34. The Morgan fingerprint density at radius 3 is 2.63 bits per heavy atom. The molecule has 1 aromatic heterocycles. The number of thiophene rings is 1. The Balaban J connectivity index is 0.00000324. The molecule has 1 aromatic rings. The molecule has 0 amide bonds. The molecule has 0 saturated carbocycles. The number of nitrogens with one attached hydrogen (secondary N) is 2. The van der Waals surface area contributed by atoms with Gasteiger partial charge in [0.2, 0.25) is 0 Å². The molecule has 5 heteroatoms. The van der Waals surface area contributed by atoms with Gasteiger partial charge in [0.15, 0.2) is 5.96 Å². The van der Waals surface area contributed by atoms with E-state index in [0.717, 1.165) is 25.6 Å². The third-order valence-electron chi connectivity index (χ3n) is 2.77. The number of guanidine groups is 1. The van der Waals surface area contributed by atoms with Crippen LogP contribution in [0.15, 0.2) is 16.4 Å². The number of aryl methyl sites for hydroxylation is 1. The molecule has 0 unspecified atom stereocenters. The largest absolute Gasteiger partial charge is 0.357 e. The van der Waals surface area contributed by atoms with Crippen molar-refractivity contribution in [2.24, 2.45) is 4.99 Å². The summed E-state index contributed by atoms with van der Waals surface area (Å²) in [7, 11) is 0. The van der Waals surface area contributed by atoms with Crippen LogP contribution < -0.4 is 10.6 Å². The van der Waals surface area contributed by atoms with Gasteiger partial charge in [0.1, 0.15) is 0 Å². The lowest BCUT2D eigenvalue weighted by atomic mass is 10.2. The maximum Gasteiger partial charge on any atom is 0.191 e. The van der Waals surface area contributed by atoms with Crippen LogP contribution in [0, 0.1) is 6.92 Å². The van der Waals surface area contributed by atoms with Crippen molar-refractivity contribution in [1.82, 2.24) is 10.6 Å². The lowest BCUT2D eigenvalue weighted by molar-refractivity contribution is 0.683. The van der Waals surface area contributed by atoms with Gasteiger partial charge in [-0.05, 0) is 37.3 Å². The van der Waals surface area contributed by atoms with Crippen LogP contribution >= 0.6 is 35.3 Å². The smallest absolute Gasteiger partial charge is 0.191 e. The van der Waals surface area contributed by atoms with E-state index in [1.165, 1.54) is 29.7 Å². The summed E-state index contributed by atoms with van der Waals surface area (Å²) in [6.07, 6.45) is 3.74. The average Bonchev–Trinajstić information content (AvgIpc) is 2.77. The van der Waals surface area contributed by atoms with E-state index in [1.807, 2.05) is 0 Å². The molecule has 110 valence electrons. The van der Waals surface area contributed by atoms with Crippen LogP contribution in [-0.2, 0) is 6.54 Å². The molecule has 0 saturated heterocycles. The van der Waals surface area contributed by atoms with Crippen molar-refractivity contribution >= 4 is 41.3 Å². The molecule has 0 fully saturated rings. The van der Waals surface area contributed by atoms with Crippen molar-refractivity contribution in [3.05, 3.63) is 21.9 Å². The zero-order chi connectivity index (χ0) is 13.2. The number of nitrogens with zero attached hydrogens (tertiary/aromatic N) is 1. The Bertz CT molecular complexity index is 363. The first-order valence-electron chi connectivity index (χ1n) is 6.83. The molecule has 0 radical (unpaired) electrons. The van der Waals surface area contributed by atoms with Crippen molar-refractivity contribution < 1.29 is 0 Å². The SMILES string of the molecule is CCCCCNC(=NCc1sccc1C)NCC.I. The lowest BCUT2D eigenvalue weighted by Crippen LogP contribution is -2.37. The third kappa shape index (κ3) is 7.77. The van der Waals surface area contributed by atoms with E-state index in [-0.39, 0.29) is 24.0 Å². The van der Waals surface area contributed by atoms with Crippen molar-refractivity contribution in [3.63, 3.8) is 0 Å². The molecular formula is C14H26IN3S. The summed E-state index contributed by atoms with van der Waals surface area (Å²) >= 11 is 1.78. The van der Waals surface area contributed by atoms with Gasteiger partial charge in [-0.2, -0.15) is 0 Å². The molecule has 1 rings (SSSR count). The van der Waals surface area contributed by atoms with Crippen molar-refractivity contribution in [2.75, 3.05) is 13.1 Å². The number of unbranched alkanes of at least 4 members (excludes halogenated alkanes) is 2. The monoisotopic (exact) mass is 395 g/mol. The second kappa shape index (κ2) is 11.5. The van der Waals surface area contributed by atoms with Gasteiger partial charge >= 0.3 is 0 Å². The van der Waals surface area contributed by atoms with Gasteiger partial charge in [0.25, 0.3) is 0 Å². The summed E-state index contributed by atoms with van der Waals surface area (Å²) < 4.78 is 0. The molecule has 1 heterocycles. The van der Waals surface area contributed by atoms with Crippen molar-refractivity contribution in [1.29, 1.82) is 0 Å². The molecule has 2 N–H and O–H groups in total. The molecule has 0 spiro atoms. The minimum absolute atomic E-state index is 0. The fourth-order valence-corrected chi connectivity index (χ4v) is 2.47. The van der Waals surface area contributed by atoms with Crippen LogP contribution in [0.25, 0.3) is 0 Å². The maximum atomic E-state index is 4.62. The molecule has 0 aliphatic carbocycles. The second-order valence-electron chi connectivity index (χ2n) is 4.36. The molecule has 0 bridgehead atoms. The van der Waals surface area contributed by atoms with E-state index in [9.17, 15) is 0 Å². The van der Waals surface area contributed by atoms with E-state index in [4.69, 9.17) is 0 Å². The zero-order valence-corrected chi connectivity index (χ0v) is 15.3. The summed E-state index contributed by atoms with van der Waals surface area (Å²) in [6, 6.07) is 2.15. The highest BCUT2D eigenvalue weighted by Crippen LogP contribution is 2.16. The number of aliphatic imine (C=N–C) groups is 1. The van der Waals surface area contributed by atoms with E-state index in [1.54, 1.807) is 11.3 Å². The first-order chi connectivity index (χ1) is 8.77. The van der Waals surface area contributed by atoms with Gasteiger partial charge in [-0.1, -0.05) is 19.8 Å². The third-order valence-corrected chi connectivity index (χ3v) is 3.77. The number of halogens is 1. The van der Waals surface area contributed by atoms with Crippen LogP contribution in [0.3, 0.4) is 0 Å². The Hall–Kier alpha value is -0.300. The molecule has 0 aliphatic rings. The molecule has 0 aliphatic heterocycles. The van der Waals surface area contributed by atoms with Gasteiger partial charge in [0.05, 0.1) is 6.54 Å². The van der Waals surface area contributed by atoms with Crippen LogP contribution in [-0.4, -0.2) is 19.0 Å². The topological polar surface area (TPSA) is 36.4 Å². The van der Waals surface area contributed by atoms with Gasteiger partial charge in [0, 0.05) is 18.0 Å². The van der Waals surface area contributed by atoms with E-state index in [0.29, 0.717) is 0 Å². The highest BCUT2D eigenvalue weighted by molar-refractivity contribution is 14.0. The standard InChI is InChI=1S/C14H25N3S.HI/c1-4-6-7-9-16-14(15-5-2)17-11-13-12(3)8-10-18-13;/h8,10H,4-7,9,11H2,1-3H3,(H2,15,16,17);1H. The van der Waals surface area contributed by atoms with Crippen LogP contribution in [0.2, 0.25) is 0 Å². The van der Waals surface area contributed by atoms with E-state index in [2.05, 4.69) is 47.8 Å². The van der Waals surface area contributed by atoms with Crippen molar-refractivity contribution in [2.45, 2.75) is 46.6 Å². The first-order valence-corrected chi connectivity index (χ1v) is 7.71. The predicted octanol–water partition coefficient (Wildman–Crippen LogP) is 3.92. The Kier molecular flexibility index (Phi) is 11.3. The summed E-state index contributed by atoms with van der Waals surface area (Å²) in [5.74, 6) is 0.932. The molecular weight excluding hydrogens is 369 g/mol. The zero-order valence-electron chi connectivity index (χ0n) is 12.2. The first kappa shape index (κ1) is 18.7. The summed E-state index contributed by atoms with van der Waals surface area (Å²) in [5, 5.41) is 8.79. The average molecular weight is 395 g/mol. The van der Waals surface area contributed by atoms with Crippen LogP contribution in [0.4, 0.5) is 0 Å². The molecule has 19 heavy (non-hydrogen) atoms. The number of rotatable bonds is 7. The Morgan fingerprint density at radius 1 is 1.26 bits per heavy atom. The maximum absolute atomic E-state index is 4.62. The van der Waals surface area contributed by atoms with Gasteiger partial charge < -0.3 is 10.6 Å². The minimum Gasteiger partial charge on any atom is -0.357 e. The minimum atomic E-state index is 0. The van der Waals surface area contributed by atoms with Gasteiger partial charge in [-0.3, -0.25) is 0 Å². The van der Waals surface area contributed by atoms with E-state index < -0.39 is 0 Å². The molecule has 0 atom stereocenters. The second-order valence-corrected chi connectivity index (χ2v) is 5.36. The van der Waals surface area contributed by atoms with Crippen molar-refractivity contribution in [3.8, 4) is 0 Å². The van der Waals surface area contributed by atoms with E-state index >= 15 is 0 Å². The fourth-order valence-electron chi connectivity index (χ4n) is 1.64. The normalized spacial score (nSPS) is 11.0. The highest BCUT2D eigenvalue weighted by Gasteiger charge is 2.00. The Morgan fingerprint density at radius 2 is 2.05 bits per heavy atom. The quantitative estimate of drug-likeness (QED) is 0.318. The highest BCUT2D eigenvalue weighted by atomic mass is 127. The predicted molar refractivity (Wildman–Crippen MR) is 96.8 cm³/mol. The summed E-state index contributed by atoms with van der Waals surface area (Å²) in [4.78, 5) is 5.97. The van der Waals surface area contributed by atoms with Crippen LogP contribution in [0.1, 0.15) is 43.6 Å². The van der Waals surface area contributed by atoms with Gasteiger partial charge in [-0.15, -0.1) is 35.3 Å². The Labute approximate surface area is 138 Å². The van der Waals surface area contributed by atoms with Gasteiger partial charge in [-0.25, -0.2) is 4.99 Å². The summed E-state index contributed by atoms with van der Waals surface area (Å²) in [6.45, 7) is 9.14.